The Hall–Kier alpha value is -1.10. The molecule has 24 heavy (non-hydrogen) atoms. The van der Waals surface area contributed by atoms with Gasteiger partial charge in [-0.1, -0.05) is 19.3 Å². The van der Waals surface area contributed by atoms with E-state index in [4.69, 9.17) is 4.74 Å². The van der Waals surface area contributed by atoms with Crippen molar-refractivity contribution in [1.29, 1.82) is 0 Å². The molecule has 0 aromatic carbocycles. The molecule has 2 heterocycles. The first-order valence-electron chi connectivity index (χ1n) is 9.84. The molecule has 2 saturated heterocycles. The van der Waals surface area contributed by atoms with Crippen molar-refractivity contribution >= 4 is 11.8 Å². The molecule has 136 valence electrons. The van der Waals surface area contributed by atoms with Gasteiger partial charge in [0.25, 0.3) is 0 Å². The second kappa shape index (κ2) is 8.32. The third kappa shape index (κ3) is 4.50. The molecule has 3 aliphatic rings. The molecule has 0 bridgehead atoms. The Kier molecular flexibility index (Phi) is 6.14. The third-order valence-corrected chi connectivity index (χ3v) is 5.89. The quantitative estimate of drug-likeness (QED) is 0.861. The second-order valence-corrected chi connectivity index (χ2v) is 7.87. The molecule has 1 saturated carbocycles. The molecule has 1 aliphatic carbocycles. The van der Waals surface area contributed by atoms with Crippen LogP contribution in [0.4, 0.5) is 0 Å². The van der Waals surface area contributed by atoms with Crippen molar-refractivity contribution in [3.05, 3.63) is 0 Å². The summed E-state index contributed by atoms with van der Waals surface area (Å²) in [6, 6.07) is 0.355. The van der Waals surface area contributed by atoms with Crippen LogP contribution in [0.25, 0.3) is 0 Å². The zero-order valence-electron chi connectivity index (χ0n) is 15.0. The number of piperidine rings is 1. The first-order chi connectivity index (χ1) is 11.6. The summed E-state index contributed by atoms with van der Waals surface area (Å²) in [6.07, 6.45) is 9.61. The number of carbonyl (C=O) groups is 2. The Morgan fingerprint density at radius 2 is 1.79 bits per heavy atom. The van der Waals surface area contributed by atoms with Gasteiger partial charge in [-0.05, 0) is 45.4 Å². The number of nitrogens with zero attached hydrogens (tertiary/aromatic N) is 1. The summed E-state index contributed by atoms with van der Waals surface area (Å²) in [7, 11) is 0. The molecule has 5 heteroatoms. The molecule has 0 radical (unpaired) electrons. The lowest BCUT2D eigenvalue weighted by atomic mass is 9.90. The largest absolute Gasteiger partial charge is 0.378 e. The van der Waals surface area contributed by atoms with E-state index >= 15 is 0 Å². The standard InChI is InChI=1S/C19H32N2O3/c1-14-12-15(9-11-24-14)19(23)21-10-5-6-16(13-21)18(22)20-17-7-3-2-4-8-17/h14-17H,2-13H2,1H3,(H,20,22)/t14-,15+,16+/m1/s1. The summed E-state index contributed by atoms with van der Waals surface area (Å²) < 4.78 is 5.55. The summed E-state index contributed by atoms with van der Waals surface area (Å²) in [5.41, 5.74) is 0. The molecule has 0 aromatic rings. The van der Waals surface area contributed by atoms with Crippen molar-refractivity contribution in [3.63, 3.8) is 0 Å². The Bertz CT molecular complexity index is 448. The van der Waals surface area contributed by atoms with Gasteiger partial charge in [0.05, 0.1) is 12.0 Å². The number of nitrogens with one attached hydrogen (secondary N) is 1. The average Bonchev–Trinajstić information content (AvgIpc) is 2.62. The highest BCUT2D eigenvalue weighted by molar-refractivity contribution is 5.82. The third-order valence-electron chi connectivity index (χ3n) is 5.89. The molecule has 0 spiro atoms. The summed E-state index contributed by atoms with van der Waals surface area (Å²) in [5, 5.41) is 3.24. The van der Waals surface area contributed by atoms with Crippen molar-refractivity contribution < 1.29 is 14.3 Å². The number of carbonyl (C=O) groups excluding carboxylic acids is 2. The Balaban J connectivity index is 1.51. The molecule has 0 unspecified atom stereocenters. The van der Waals surface area contributed by atoms with Gasteiger partial charge in [-0.15, -0.1) is 0 Å². The fourth-order valence-corrected chi connectivity index (χ4v) is 4.44. The Morgan fingerprint density at radius 3 is 2.54 bits per heavy atom. The van der Waals surface area contributed by atoms with Gasteiger partial charge in [-0.3, -0.25) is 9.59 Å². The molecule has 0 aromatic heterocycles. The molecular weight excluding hydrogens is 304 g/mol. The summed E-state index contributed by atoms with van der Waals surface area (Å²) >= 11 is 0. The van der Waals surface area contributed by atoms with Crippen LogP contribution in [0.2, 0.25) is 0 Å². The average molecular weight is 336 g/mol. The number of hydrogen-bond donors (Lipinski definition) is 1. The van der Waals surface area contributed by atoms with E-state index in [1.54, 1.807) is 0 Å². The van der Waals surface area contributed by atoms with Crippen LogP contribution >= 0.6 is 0 Å². The van der Waals surface area contributed by atoms with Gasteiger partial charge in [0.1, 0.15) is 0 Å². The van der Waals surface area contributed by atoms with Gasteiger partial charge < -0.3 is 15.0 Å². The number of amides is 2. The maximum Gasteiger partial charge on any atom is 0.225 e. The molecule has 2 amide bonds. The molecule has 2 aliphatic heterocycles. The van der Waals surface area contributed by atoms with E-state index < -0.39 is 0 Å². The van der Waals surface area contributed by atoms with E-state index in [9.17, 15) is 9.59 Å². The lowest BCUT2D eigenvalue weighted by Crippen LogP contribution is -2.49. The molecule has 5 nitrogen and oxygen atoms in total. The topological polar surface area (TPSA) is 58.6 Å². The molecule has 1 N–H and O–H groups in total. The SMILES string of the molecule is C[C@@H]1C[C@@H](C(=O)N2CCC[C@H](C(=O)NC3CCCCC3)C2)CCO1. The van der Waals surface area contributed by atoms with E-state index in [1.807, 2.05) is 11.8 Å². The van der Waals surface area contributed by atoms with Gasteiger partial charge in [-0.2, -0.15) is 0 Å². The fraction of sp³-hybridized carbons (Fsp3) is 0.895. The highest BCUT2D eigenvalue weighted by Gasteiger charge is 2.34. The minimum atomic E-state index is -0.0260. The smallest absolute Gasteiger partial charge is 0.225 e. The zero-order chi connectivity index (χ0) is 16.9. The van der Waals surface area contributed by atoms with E-state index in [0.717, 1.165) is 45.1 Å². The Labute approximate surface area is 145 Å². The van der Waals surface area contributed by atoms with Crippen LogP contribution in [0, 0.1) is 11.8 Å². The number of ether oxygens (including phenoxy) is 1. The maximum absolute atomic E-state index is 12.8. The van der Waals surface area contributed by atoms with Crippen molar-refractivity contribution in [1.82, 2.24) is 10.2 Å². The van der Waals surface area contributed by atoms with E-state index in [2.05, 4.69) is 5.32 Å². The van der Waals surface area contributed by atoms with Crippen LogP contribution in [-0.4, -0.2) is 48.6 Å². The minimum Gasteiger partial charge on any atom is -0.378 e. The van der Waals surface area contributed by atoms with Crippen molar-refractivity contribution in [2.24, 2.45) is 11.8 Å². The van der Waals surface area contributed by atoms with Crippen LogP contribution in [0.15, 0.2) is 0 Å². The zero-order valence-corrected chi connectivity index (χ0v) is 15.0. The normalized spacial score (nSPS) is 32.4. The van der Waals surface area contributed by atoms with Gasteiger partial charge in [0, 0.05) is 31.7 Å². The summed E-state index contributed by atoms with van der Waals surface area (Å²) in [5.74, 6) is 0.454. The van der Waals surface area contributed by atoms with Crippen molar-refractivity contribution in [2.75, 3.05) is 19.7 Å². The lowest BCUT2D eigenvalue weighted by molar-refractivity contribution is -0.143. The predicted molar refractivity (Wildman–Crippen MR) is 92.5 cm³/mol. The number of hydrogen-bond acceptors (Lipinski definition) is 3. The fourth-order valence-electron chi connectivity index (χ4n) is 4.44. The first kappa shape index (κ1) is 17.7. The van der Waals surface area contributed by atoms with Crippen LogP contribution < -0.4 is 5.32 Å². The second-order valence-electron chi connectivity index (χ2n) is 7.87. The van der Waals surface area contributed by atoms with Crippen LogP contribution in [-0.2, 0) is 14.3 Å². The van der Waals surface area contributed by atoms with Crippen LogP contribution in [0.5, 0.6) is 0 Å². The monoisotopic (exact) mass is 336 g/mol. The van der Waals surface area contributed by atoms with Gasteiger partial charge in [0.15, 0.2) is 0 Å². The van der Waals surface area contributed by atoms with Crippen molar-refractivity contribution in [2.45, 2.75) is 76.9 Å². The number of likely N-dealkylation sites (tertiary alicyclic amines) is 1. The summed E-state index contributed by atoms with van der Waals surface area (Å²) in [4.78, 5) is 27.3. The molecular formula is C19H32N2O3. The molecule has 3 atom stereocenters. The first-order valence-corrected chi connectivity index (χ1v) is 9.84. The van der Waals surface area contributed by atoms with E-state index in [1.165, 1.54) is 19.3 Å². The van der Waals surface area contributed by atoms with E-state index in [0.29, 0.717) is 19.2 Å². The summed E-state index contributed by atoms with van der Waals surface area (Å²) in [6.45, 7) is 4.12. The predicted octanol–water partition coefficient (Wildman–Crippen LogP) is 2.49. The van der Waals surface area contributed by atoms with Gasteiger partial charge in [0.2, 0.25) is 11.8 Å². The minimum absolute atomic E-state index is 0.0260. The van der Waals surface area contributed by atoms with Crippen LogP contribution in [0.3, 0.4) is 0 Å². The molecule has 3 rings (SSSR count). The van der Waals surface area contributed by atoms with Crippen molar-refractivity contribution in [3.8, 4) is 0 Å². The van der Waals surface area contributed by atoms with Crippen LogP contribution in [0.1, 0.15) is 64.7 Å². The van der Waals surface area contributed by atoms with Gasteiger partial charge in [-0.25, -0.2) is 0 Å². The maximum atomic E-state index is 12.8. The molecule has 3 fully saturated rings. The van der Waals surface area contributed by atoms with E-state index in [-0.39, 0.29) is 29.8 Å². The highest BCUT2D eigenvalue weighted by atomic mass is 16.5. The lowest BCUT2D eigenvalue weighted by Gasteiger charge is -2.37. The Morgan fingerprint density at radius 1 is 1.00 bits per heavy atom. The number of rotatable bonds is 3. The highest BCUT2D eigenvalue weighted by Crippen LogP contribution is 2.26. The van der Waals surface area contributed by atoms with Gasteiger partial charge >= 0.3 is 0 Å².